The molecule has 0 saturated carbocycles. The van der Waals surface area contributed by atoms with Gasteiger partial charge in [0.1, 0.15) is 18.2 Å². The van der Waals surface area contributed by atoms with Crippen molar-refractivity contribution in [3.63, 3.8) is 0 Å². The van der Waals surface area contributed by atoms with Crippen LogP contribution < -0.4 is 15.6 Å². The van der Waals surface area contributed by atoms with E-state index in [-0.39, 0.29) is 17.9 Å². The van der Waals surface area contributed by atoms with Crippen molar-refractivity contribution < 1.29 is 22.7 Å². The molecule has 0 aliphatic carbocycles. The average Bonchev–Trinajstić information content (AvgIpc) is 3.09. The number of aryl methyl sites for hydroxylation is 1. The van der Waals surface area contributed by atoms with Crippen LogP contribution in [0.2, 0.25) is 0 Å². The number of hydrogen-bond donors (Lipinski definition) is 2. The van der Waals surface area contributed by atoms with E-state index >= 15 is 0 Å². The van der Waals surface area contributed by atoms with Crippen LogP contribution in [0.3, 0.4) is 0 Å². The predicted octanol–water partition coefficient (Wildman–Crippen LogP) is 3.77. The summed E-state index contributed by atoms with van der Waals surface area (Å²) in [6.45, 7) is 0.269. The molecule has 6 nitrogen and oxygen atoms in total. The van der Waals surface area contributed by atoms with Crippen LogP contribution in [0.5, 0.6) is 5.75 Å². The van der Waals surface area contributed by atoms with Crippen LogP contribution in [0.15, 0.2) is 60.9 Å². The van der Waals surface area contributed by atoms with Crippen molar-refractivity contribution in [1.29, 1.82) is 0 Å². The van der Waals surface area contributed by atoms with Gasteiger partial charge in [-0.25, -0.2) is 4.98 Å². The smallest absolute Gasteiger partial charge is 0.418 e. The van der Waals surface area contributed by atoms with Gasteiger partial charge < -0.3 is 9.30 Å². The van der Waals surface area contributed by atoms with Crippen LogP contribution in [-0.2, 0) is 19.8 Å². The van der Waals surface area contributed by atoms with Gasteiger partial charge in [-0.15, -0.1) is 0 Å². The number of imidazole rings is 1. The highest BCUT2D eigenvalue weighted by Crippen LogP contribution is 2.34. The van der Waals surface area contributed by atoms with E-state index in [9.17, 15) is 18.0 Å². The summed E-state index contributed by atoms with van der Waals surface area (Å²) >= 11 is 0. The standard InChI is InChI=1S/C19H17F3N4O2/c1-26-11-10-23-17(26)12-28-14-8-6-13(7-9-14)18(27)25-24-16-5-3-2-4-15(16)19(20,21)22/h2-11,24H,12H2,1H3,(H,25,27). The van der Waals surface area contributed by atoms with Crippen molar-refractivity contribution in [1.82, 2.24) is 15.0 Å². The molecule has 0 atom stereocenters. The Labute approximate surface area is 158 Å². The van der Waals surface area contributed by atoms with Crippen molar-refractivity contribution in [2.45, 2.75) is 12.8 Å². The lowest BCUT2D eigenvalue weighted by molar-refractivity contribution is -0.137. The lowest BCUT2D eigenvalue weighted by Gasteiger charge is -2.15. The molecule has 2 aromatic carbocycles. The molecule has 9 heteroatoms. The molecule has 0 unspecified atom stereocenters. The molecule has 3 rings (SSSR count). The number of halogens is 3. The highest BCUT2D eigenvalue weighted by atomic mass is 19.4. The maximum Gasteiger partial charge on any atom is 0.418 e. The van der Waals surface area contributed by atoms with E-state index in [1.54, 1.807) is 24.5 Å². The number of anilines is 1. The first kappa shape index (κ1) is 19.3. The Hall–Kier alpha value is -3.49. The number of nitrogens with zero attached hydrogens (tertiary/aromatic N) is 2. The SMILES string of the molecule is Cn1ccnc1COc1ccc(C(=O)NNc2ccccc2C(F)(F)F)cc1. The summed E-state index contributed by atoms with van der Waals surface area (Å²) in [5, 5.41) is 0. The zero-order chi connectivity index (χ0) is 20.1. The first-order valence-corrected chi connectivity index (χ1v) is 8.26. The van der Waals surface area contributed by atoms with E-state index < -0.39 is 17.6 Å². The first-order chi connectivity index (χ1) is 13.3. The van der Waals surface area contributed by atoms with Gasteiger partial charge in [0.2, 0.25) is 0 Å². The molecule has 2 N–H and O–H groups in total. The normalized spacial score (nSPS) is 11.1. The quantitative estimate of drug-likeness (QED) is 0.629. The van der Waals surface area contributed by atoms with E-state index in [1.807, 2.05) is 11.6 Å². The number of nitrogens with one attached hydrogen (secondary N) is 2. The van der Waals surface area contributed by atoms with Crippen molar-refractivity contribution in [3.8, 4) is 5.75 Å². The number of para-hydroxylation sites is 1. The fraction of sp³-hybridized carbons (Fsp3) is 0.158. The molecule has 28 heavy (non-hydrogen) atoms. The predicted molar refractivity (Wildman–Crippen MR) is 96.5 cm³/mol. The number of hydrazine groups is 1. The largest absolute Gasteiger partial charge is 0.486 e. The van der Waals surface area contributed by atoms with Gasteiger partial charge in [-0.05, 0) is 36.4 Å². The number of amides is 1. The van der Waals surface area contributed by atoms with Gasteiger partial charge in [0.25, 0.3) is 5.91 Å². The Bertz CT molecular complexity index is 952. The maximum atomic E-state index is 13.0. The molecule has 3 aromatic rings. The number of carbonyl (C=O) groups excluding carboxylic acids is 1. The van der Waals surface area contributed by atoms with E-state index in [0.29, 0.717) is 5.75 Å². The summed E-state index contributed by atoms with van der Waals surface area (Å²) in [4.78, 5) is 16.3. The second-order valence-corrected chi connectivity index (χ2v) is 5.89. The van der Waals surface area contributed by atoms with Crippen LogP contribution >= 0.6 is 0 Å². The van der Waals surface area contributed by atoms with Gasteiger partial charge in [0.05, 0.1) is 11.3 Å². The van der Waals surface area contributed by atoms with Crippen LogP contribution in [-0.4, -0.2) is 15.5 Å². The molecule has 1 amide bonds. The third-order valence-electron chi connectivity index (χ3n) is 3.95. The van der Waals surface area contributed by atoms with Gasteiger partial charge >= 0.3 is 6.18 Å². The van der Waals surface area contributed by atoms with E-state index in [2.05, 4.69) is 15.8 Å². The Morgan fingerprint density at radius 1 is 1.14 bits per heavy atom. The molecule has 0 fully saturated rings. The molecule has 0 aliphatic heterocycles. The minimum Gasteiger partial charge on any atom is -0.486 e. The van der Waals surface area contributed by atoms with Crippen LogP contribution in [0.1, 0.15) is 21.7 Å². The number of benzene rings is 2. The van der Waals surface area contributed by atoms with Gasteiger partial charge in [-0.3, -0.25) is 15.6 Å². The molecule has 146 valence electrons. The molecule has 0 aliphatic rings. The maximum absolute atomic E-state index is 13.0. The molecular formula is C19H17F3N4O2. The highest BCUT2D eigenvalue weighted by molar-refractivity contribution is 5.95. The van der Waals surface area contributed by atoms with Gasteiger partial charge in [-0.1, -0.05) is 12.1 Å². The molecular weight excluding hydrogens is 373 g/mol. The number of rotatable bonds is 6. The number of aromatic nitrogens is 2. The summed E-state index contributed by atoms with van der Waals surface area (Å²) < 4.78 is 46.3. The Kier molecular flexibility index (Phi) is 5.53. The summed E-state index contributed by atoms with van der Waals surface area (Å²) in [5.41, 5.74) is 3.75. The third-order valence-corrected chi connectivity index (χ3v) is 3.95. The average molecular weight is 390 g/mol. The monoisotopic (exact) mass is 390 g/mol. The first-order valence-electron chi connectivity index (χ1n) is 8.26. The van der Waals surface area contributed by atoms with Gasteiger partial charge in [-0.2, -0.15) is 13.2 Å². The highest BCUT2D eigenvalue weighted by Gasteiger charge is 2.33. The number of carbonyl (C=O) groups is 1. The number of hydrogen-bond acceptors (Lipinski definition) is 4. The summed E-state index contributed by atoms with van der Waals surface area (Å²) in [6, 6.07) is 11.1. The lowest BCUT2D eigenvalue weighted by atomic mass is 10.2. The molecule has 0 saturated heterocycles. The van der Waals surface area contributed by atoms with Crippen molar-refractivity contribution in [2.24, 2.45) is 7.05 Å². The summed E-state index contributed by atoms with van der Waals surface area (Å²) in [5.74, 6) is 0.705. The topological polar surface area (TPSA) is 68.2 Å². The number of alkyl halides is 3. The second kappa shape index (κ2) is 8.03. The summed E-state index contributed by atoms with van der Waals surface area (Å²) in [6.07, 6.45) is -1.06. The molecule has 0 radical (unpaired) electrons. The zero-order valence-corrected chi connectivity index (χ0v) is 14.8. The molecule has 0 bridgehead atoms. The van der Waals surface area contributed by atoms with E-state index in [4.69, 9.17) is 4.74 Å². The Morgan fingerprint density at radius 2 is 1.86 bits per heavy atom. The molecule has 1 aromatic heterocycles. The van der Waals surface area contributed by atoms with Crippen molar-refractivity contribution in [2.75, 3.05) is 5.43 Å². The van der Waals surface area contributed by atoms with E-state index in [1.165, 1.54) is 30.3 Å². The third kappa shape index (κ3) is 4.61. The van der Waals surface area contributed by atoms with Crippen LogP contribution in [0.4, 0.5) is 18.9 Å². The second-order valence-electron chi connectivity index (χ2n) is 5.89. The fourth-order valence-corrected chi connectivity index (χ4v) is 2.42. The van der Waals surface area contributed by atoms with Gasteiger partial charge in [0, 0.05) is 25.0 Å². The van der Waals surface area contributed by atoms with Gasteiger partial charge in [0.15, 0.2) is 0 Å². The van der Waals surface area contributed by atoms with Crippen molar-refractivity contribution in [3.05, 3.63) is 77.9 Å². The zero-order valence-electron chi connectivity index (χ0n) is 14.8. The van der Waals surface area contributed by atoms with E-state index in [0.717, 1.165) is 11.9 Å². The number of ether oxygens (including phenoxy) is 1. The molecule has 0 spiro atoms. The Balaban J connectivity index is 1.59. The summed E-state index contributed by atoms with van der Waals surface area (Å²) in [7, 11) is 1.85. The van der Waals surface area contributed by atoms with Crippen LogP contribution in [0.25, 0.3) is 0 Å². The van der Waals surface area contributed by atoms with Crippen molar-refractivity contribution >= 4 is 11.6 Å². The minimum atomic E-state index is -4.53. The Morgan fingerprint density at radius 3 is 2.50 bits per heavy atom. The fourth-order valence-electron chi connectivity index (χ4n) is 2.42. The lowest BCUT2D eigenvalue weighted by Crippen LogP contribution is -2.30. The van der Waals surface area contributed by atoms with Crippen LogP contribution in [0, 0.1) is 0 Å². The minimum absolute atomic E-state index is 0.238. The molecule has 1 heterocycles.